The number of aromatic nitrogens is 3. The largest absolute Gasteiger partial charge is 0.495 e. The van der Waals surface area contributed by atoms with Crippen LogP contribution in [-0.4, -0.2) is 82.5 Å². The van der Waals surface area contributed by atoms with Gasteiger partial charge in [0.25, 0.3) is 11.8 Å². The summed E-state index contributed by atoms with van der Waals surface area (Å²) in [5, 5.41) is 8.52. The number of alkyl halides is 3. The fourth-order valence-corrected chi connectivity index (χ4v) is 5.12. The van der Waals surface area contributed by atoms with Gasteiger partial charge < -0.3 is 30.2 Å². The van der Waals surface area contributed by atoms with E-state index in [0.29, 0.717) is 37.1 Å². The molecular formula is C28H33F3N8O3. The smallest absolute Gasteiger partial charge is 0.421 e. The first-order valence-electron chi connectivity index (χ1n) is 13.7. The number of methoxy groups -OCH3 is 1. The van der Waals surface area contributed by atoms with E-state index in [1.807, 2.05) is 0 Å². The number of fused-ring (bicyclic) bond motifs is 1. The number of anilines is 4. The predicted octanol–water partition coefficient (Wildman–Crippen LogP) is 4.09. The number of likely N-dealkylation sites (tertiary alicyclic amines) is 1. The molecule has 0 bridgehead atoms. The molecule has 2 amide bonds. The summed E-state index contributed by atoms with van der Waals surface area (Å²) in [5.74, 6) is -0.953. The molecule has 42 heavy (non-hydrogen) atoms. The van der Waals surface area contributed by atoms with Crippen molar-refractivity contribution in [2.75, 3.05) is 51.0 Å². The highest BCUT2D eigenvalue weighted by Gasteiger charge is 2.36. The third-order valence-electron chi connectivity index (χ3n) is 7.57. The number of halogens is 3. The lowest BCUT2D eigenvalue weighted by Gasteiger charge is -2.25. The SMILES string of the molecule is COc1cc(C(=O)NC[C@H](C)N2CCCC2)ccc1Nc1ncc(C(F)(F)F)c(Nc2ccn3c2C(=O)N(C)CC3)n1. The van der Waals surface area contributed by atoms with Crippen LogP contribution in [0.25, 0.3) is 0 Å². The average molecular weight is 587 g/mol. The Labute approximate surface area is 241 Å². The Morgan fingerprint density at radius 3 is 2.57 bits per heavy atom. The molecule has 5 rings (SSSR count). The minimum Gasteiger partial charge on any atom is -0.495 e. The molecule has 2 aromatic heterocycles. The van der Waals surface area contributed by atoms with E-state index in [1.165, 1.54) is 18.1 Å². The summed E-state index contributed by atoms with van der Waals surface area (Å²) >= 11 is 0. The van der Waals surface area contributed by atoms with Crippen LogP contribution >= 0.6 is 0 Å². The average Bonchev–Trinajstić information content (AvgIpc) is 3.64. The Morgan fingerprint density at radius 2 is 1.86 bits per heavy atom. The molecule has 2 aliphatic heterocycles. The number of rotatable bonds is 9. The molecule has 0 unspecified atom stereocenters. The van der Waals surface area contributed by atoms with Gasteiger partial charge in [-0.15, -0.1) is 0 Å². The number of amides is 2. The van der Waals surface area contributed by atoms with Crippen LogP contribution in [0.3, 0.4) is 0 Å². The van der Waals surface area contributed by atoms with Crippen LogP contribution in [-0.2, 0) is 12.7 Å². The monoisotopic (exact) mass is 586 g/mol. The van der Waals surface area contributed by atoms with Gasteiger partial charge in [-0.3, -0.25) is 14.5 Å². The quantitative estimate of drug-likeness (QED) is 0.344. The van der Waals surface area contributed by atoms with Crippen molar-refractivity contribution in [1.82, 2.24) is 29.7 Å². The number of nitrogens with one attached hydrogen (secondary N) is 3. The highest BCUT2D eigenvalue weighted by Crippen LogP contribution is 2.37. The minimum absolute atomic E-state index is 0.142. The van der Waals surface area contributed by atoms with E-state index in [1.54, 1.807) is 36.0 Å². The van der Waals surface area contributed by atoms with Crippen LogP contribution in [0.15, 0.2) is 36.7 Å². The molecule has 0 aliphatic carbocycles. The topological polar surface area (TPSA) is 117 Å². The number of carbonyl (C=O) groups is 2. The number of benzene rings is 1. The Hall–Kier alpha value is -4.33. The van der Waals surface area contributed by atoms with Crippen LogP contribution in [0, 0.1) is 0 Å². The molecular weight excluding hydrogens is 553 g/mol. The van der Waals surface area contributed by atoms with Crippen LogP contribution in [0.2, 0.25) is 0 Å². The van der Waals surface area contributed by atoms with Crippen LogP contribution in [0.4, 0.5) is 36.3 Å². The predicted molar refractivity (Wildman–Crippen MR) is 151 cm³/mol. The van der Waals surface area contributed by atoms with Gasteiger partial charge in [0.1, 0.15) is 22.8 Å². The van der Waals surface area contributed by atoms with Gasteiger partial charge in [0.2, 0.25) is 5.95 Å². The van der Waals surface area contributed by atoms with Gasteiger partial charge in [-0.2, -0.15) is 18.2 Å². The van der Waals surface area contributed by atoms with Crippen LogP contribution in [0.5, 0.6) is 5.75 Å². The molecule has 1 saturated heterocycles. The second kappa shape index (κ2) is 11.9. The second-order valence-corrected chi connectivity index (χ2v) is 10.4. The van der Waals surface area contributed by atoms with Crippen LogP contribution in [0.1, 0.15) is 46.2 Å². The van der Waals surface area contributed by atoms with Crippen molar-refractivity contribution >= 4 is 35.0 Å². The van der Waals surface area contributed by atoms with E-state index in [2.05, 4.69) is 37.7 Å². The van der Waals surface area contributed by atoms with E-state index >= 15 is 0 Å². The van der Waals surface area contributed by atoms with Gasteiger partial charge in [-0.1, -0.05) is 0 Å². The third-order valence-corrected chi connectivity index (χ3v) is 7.57. The Morgan fingerprint density at radius 1 is 1.10 bits per heavy atom. The van der Waals surface area contributed by atoms with Crippen molar-refractivity contribution in [2.24, 2.45) is 0 Å². The third kappa shape index (κ3) is 6.12. The summed E-state index contributed by atoms with van der Waals surface area (Å²) in [4.78, 5) is 37.3. The first-order valence-corrected chi connectivity index (χ1v) is 13.7. The minimum atomic E-state index is -4.75. The number of ether oxygens (including phenoxy) is 1. The van der Waals surface area contributed by atoms with Gasteiger partial charge in [0.05, 0.1) is 18.5 Å². The zero-order valence-electron chi connectivity index (χ0n) is 23.6. The number of hydrogen-bond donors (Lipinski definition) is 3. The first-order chi connectivity index (χ1) is 20.0. The van der Waals surface area contributed by atoms with Crippen molar-refractivity contribution in [3.8, 4) is 5.75 Å². The number of nitrogens with zero attached hydrogens (tertiary/aromatic N) is 5. The summed E-state index contributed by atoms with van der Waals surface area (Å²) in [7, 11) is 3.05. The van der Waals surface area contributed by atoms with E-state index in [4.69, 9.17) is 4.74 Å². The standard InChI is InChI=1S/C28H33F3N8O3/c1-17(38-9-4-5-10-38)15-32-25(40)18-6-7-20(22(14-18)42-3)35-27-33-16-19(28(29,30)31)24(36-27)34-21-8-11-39-13-12-37(2)26(41)23(21)39/h6-8,11,14,16-17H,4-5,9-10,12-13,15H2,1-3H3,(H,32,40)(H2,33,34,35,36)/t17-/m0/s1. The molecule has 0 spiro atoms. The van der Waals surface area contributed by atoms with Crippen molar-refractivity contribution in [2.45, 2.75) is 38.5 Å². The van der Waals surface area contributed by atoms with Crippen LogP contribution < -0.4 is 20.7 Å². The fraction of sp³-hybridized carbons (Fsp3) is 0.429. The molecule has 1 aromatic carbocycles. The van der Waals surface area contributed by atoms with Gasteiger partial charge in [-0.05, 0) is 57.1 Å². The normalized spacial score (nSPS) is 16.2. The summed E-state index contributed by atoms with van der Waals surface area (Å²) < 4.78 is 48.7. The van der Waals surface area contributed by atoms with Gasteiger partial charge in [-0.25, -0.2) is 4.98 Å². The first kappa shape index (κ1) is 29.2. The molecule has 2 aliphatic rings. The molecule has 3 N–H and O–H groups in total. The maximum atomic E-state index is 13.9. The Balaban J connectivity index is 1.35. The Kier molecular flexibility index (Phi) is 8.25. The Bertz CT molecular complexity index is 1470. The lowest BCUT2D eigenvalue weighted by molar-refractivity contribution is -0.137. The van der Waals surface area contributed by atoms with Gasteiger partial charge in [0.15, 0.2) is 0 Å². The van der Waals surface area contributed by atoms with E-state index in [0.717, 1.165) is 25.9 Å². The van der Waals surface area contributed by atoms with Gasteiger partial charge in [0, 0.05) is 50.7 Å². The summed E-state index contributed by atoms with van der Waals surface area (Å²) in [6.07, 6.45) is -0.109. The van der Waals surface area contributed by atoms with Crippen molar-refractivity contribution in [3.05, 3.63) is 53.5 Å². The molecule has 1 fully saturated rings. The van der Waals surface area contributed by atoms with E-state index in [9.17, 15) is 22.8 Å². The zero-order chi connectivity index (χ0) is 30.0. The van der Waals surface area contributed by atoms with E-state index in [-0.39, 0.29) is 40.9 Å². The lowest BCUT2D eigenvalue weighted by atomic mass is 10.1. The second-order valence-electron chi connectivity index (χ2n) is 10.4. The molecule has 224 valence electrons. The number of carbonyl (C=O) groups excluding carboxylic acids is 2. The number of likely N-dealkylation sites (N-methyl/N-ethyl adjacent to an activating group) is 1. The van der Waals surface area contributed by atoms with Gasteiger partial charge >= 0.3 is 6.18 Å². The summed E-state index contributed by atoms with van der Waals surface area (Å²) in [5.41, 5.74) is 0.0777. The fourth-order valence-electron chi connectivity index (χ4n) is 5.12. The van der Waals surface area contributed by atoms with E-state index < -0.39 is 17.6 Å². The molecule has 1 atom stereocenters. The highest BCUT2D eigenvalue weighted by molar-refractivity contribution is 5.99. The summed E-state index contributed by atoms with van der Waals surface area (Å²) in [6, 6.07) is 6.46. The lowest BCUT2D eigenvalue weighted by Crippen LogP contribution is -2.40. The molecule has 11 nitrogen and oxygen atoms in total. The molecule has 0 saturated carbocycles. The number of hydrogen-bond acceptors (Lipinski definition) is 8. The maximum absolute atomic E-state index is 13.9. The highest BCUT2D eigenvalue weighted by atomic mass is 19.4. The molecule has 0 radical (unpaired) electrons. The molecule has 14 heteroatoms. The summed E-state index contributed by atoms with van der Waals surface area (Å²) in [6.45, 7) is 5.65. The molecule has 4 heterocycles. The van der Waals surface area contributed by atoms with Crippen molar-refractivity contribution < 1.29 is 27.5 Å². The molecule has 3 aromatic rings. The zero-order valence-corrected chi connectivity index (χ0v) is 23.6. The van der Waals surface area contributed by atoms with Crippen molar-refractivity contribution in [1.29, 1.82) is 0 Å². The maximum Gasteiger partial charge on any atom is 0.421 e. The van der Waals surface area contributed by atoms with Crippen molar-refractivity contribution in [3.63, 3.8) is 0 Å².